The minimum atomic E-state index is 0.150. The van der Waals surface area contributed by atoms with Gasteiger partial charge in [0, 0.05) is 24.8 Å². The van der Waals surface area contributed by atoms with Crippen LogP contribution in [0.15, 0.2) is 18.2 Å². The van der Waals surface area contributed by atoms with Crippen LogP contribution in [-0.2, 0) is 0 Å². The van der Waals surface area contributed by atoms with Gasteiger partial charge in [0.25, 0.3) is 0 Å². The number of anilines is 2. The summed E-state index contributed by atoms with van der Waals surface area (Å²) in [5.41, 5.74) is 7.90. The van der Waals surface area contributed by atoms with E-state index in [0.29, 0.717) is 6.04 Å². The molecule has 1 aliphatic rings. The largest absolute Gasteiger partial charge is 0.489 e. The first-order valence-corrected chi connectivity index (χ1v) is 7.37. The second-order valence-electron chi connectivity index (χ2n) is 5.79. The van der Waals surface area contributed by atoms with Crippen LogP contribution in [0.1, 0.15) is 46.0 Å². The van der Waals surface area contributed by atoms with Gasteiger partial charge in [-0.1, -0.05) is 19.3 Å². The van der Waals surface area contributed by atoms with Gasteiger partial charge in [-0.3, -0.25) is 0 Å². The van der Waals surface area contributed by atoms with Gasteiger partial charge in [-0.05, 0) is 38.8 Å². The molecule has 0 unspecified atom stereocenters. The Kier molecular flexibility index (Phi) is 4.56. The van der Waals surface area contributed by atoms with Crippen molar-refractivity contribution in [3.63, 3.8) is 0 Å². The zero-order valence-electron chi connectivity index (χ0n) is 12.4. The lowest BCUT2D eigenvalue weighted by molar-refractivity contribution is 0.244. The number of benzene rings is 1. The van der Waals surface area contributed by atoms with Gasteiger partial charge in [-0.25, -0.2) is 0 Å². The average molecular weight is 262 g/mol. The number of rotatable bonds is 4. The van der Waals surface area contributed by atoms with Gasteiger partial charge in [-0.2, -0.15) is 0 Å². The average Bonchev–Trinajstić information content (AvgIpc) is 2.41. The summed E-state index contributed by atoms with van der Waals surface area (Å²) in [7, 11) is 2.18. The molecule has 1 fully saturated rings. The van der Waals surface area contributed by atoms with Gasteiger partial charge in [0.1, 0.15) is 5.75 Å². The number of hydrogen-bond donors (Lipinski definition) is 1. The van der Waals surface area contributed by atoms with Gasteiger partial charge in [0.05, 0.1) is 11.8 Å². The van der Waals surface area contributed by atoms with Crippen molar-refractivity contribution >= 4 is 11.4 Å². The standard InChI is InChI=1S/C16H26N2O/c1-12(2)19-16-11-14(9-10-15(16)17)18(3)13-7-5-4-6-8-13/h9-13H,4-8,17H2,1-3H3. The van der Waals surface area contributed by atoms with Gasteiger partial charge < -0.3 is 15.4 Å². The molecule has 0 radical (unpaired) electrons. The summed E-state index contributed by atoms with van der Waals surface area (Å²) in [4.78, 5) is 2.38. The first-order chi connectivity index (χ1) is 9.08. The van der Waals surface area contributed by atoms with E-state index in [1.165, 1.54) is 37.8 Å². The molecule has 0 aromatic heterocycles. The highest BCUT2D eigenvalue weighted by Gasteiger charge is 2.19. The molecule has 3 heteroatoms. The quantitative estimate of drug-likeness (QED) is 0.838. The molecule has 2 rings (SSSR count). The van der Waals surface area contributed by atoms with Crippen LogP contribution in [0.2, 0.25) is 0 Å². The third-order valence-electron chi connectivity index (χ3n) is 3.89. The Morgan fingerprint density at radius 1 is 1.21 bits per heavy atom. The predicted octanol–water partition coefficient (Wildman–Crippen LogP) is 3.82. The highest BCUT2D eigenvalue weighted by molar-refractivity contribution is 5.62. The maximum Gasteiger partial charge on any atom is 0.144 e. The van der Waals surface area contributed by atoms with Gasteiger partial charge in [-0.15, -0.1) is 0 Å². The normalized spacial score (nSPS) is 16.6. The molecule has 0 bridgehead atoms. The number of nitrogen functional groups attached to an aromatic ring is 1. The van der Waals surface area contributed by atoms with Crippen LogP contribution >= 0.6 is 0 Å². The topological polar surface area (TPSA) is 38.5 Å². The molecular weight excluding hydrogens is 236 g/mol. The molecule has 0 spiro atoms. The van der Waals surface area contributed by atoms with Crippen molar-refractivity contribution in [1.29, 1.82) is 0 Å². The third-order valence-corrected chi connectivity index (χ3v) is 3.89. The minimum Gasteiger partial charge on any atom is -0.489 e. The number of hydrogen-bond acceptors (Lipinski definition) is 3. The first kappa shape index (κ1) is 14.0. The van der Waals surface area contributed by atoms with E-state index < -0.39 is 0 Å². The van der Waals surface area contributed by atoms with Gasteiger partial charge >= 0.3 is 0 Å². The predicted molar refractivity (Wildman–Crippen MR) is 81.9 cm³/mol. The summed E-state index contributed by atoms with van der Waals surface area (Å²) in [6, 6.07) is 6.78. The van der Waals surface area contributed by atoms with Crippen molar-refractivity contribution in [2.75, 3.05) is 17.7 Å². The van der Waals surface area contributed by atoms with E-state index in [0.717, 1.165) is 11.4 Å². The third kappa shape index (κ3) is 3.55. The van der Waals surface area contributed by atoms with Crippen LogP contribution in [-0.4, -0.2) is 19.2 Å². The number of nitrogens with zero attached hydrogens (tertiary/aromatic N) is 1. The van der Waals surface area contributed by atoms with Crippen molar-refractivity contribution in [2.24, 2.45) is 0 Å². The fraction of sp³-hybridized carbons (Fsp3) is 0.625. The molecule has 0 aliphatic heterocycles. The fourth-order valence-corrected chi connectivity index (χ4v) is 2.78. The van der Waals surface area contributed by atoms with Crippen molar-refractivity contribution in [3.8, 4) is 5.75 Å². The van der Waals surface area contributed by atoms with Crippen LogP contribution in [0.5, 0.6) is 5.75 Å². The molecule has 0 amide bonds. The van der Waals surface area contributed by atoms with E-state index in [4.69, 9.17) is 10.5 Å². The maximum absolute atomic E-state index is 5.97. The van der Waals surface area contributed by atoms with E-state index in [-0.39, 0.29) is 6.10 Å². The highest BCUT2D eigenvalue weighted by atomic mass is 16.5. The Bertz CT molecular complexity index is 411. The second-order valence-corrected chi connectivity index (χ2v) is 5.79. The molecule has 0 heterocycles. The van der Waals surface area contributed by atoms with Gasteiger partial charge in [0.15, 0.2) is 0 Å². The monoisotopic (exact) mass is 262 g/mol. The smallest absolute Gasteiger partial charge is 0.144 e. The lowest BCUT2D eigenvalue weighted by Crippen LogP contribution is -2.33. The Balaban J connectivity index is 2.14. The summed E-state index contributed by atoms with van der Waals surface area (Å²) in [6.45, 7) is 4.05. The fourth-order valence-electron chi connectivity index (χ4n) is 2.78. The van der Waals surface area contributed by atoms with Crippen molar-refractivity contribution in [2.45, 2.75) is 58.1 Å². The molecule has 19 heavy (non-hydrogen) atoms. The SMILES string of the molecule is CC(C)Oc1cc(N(C)C2CCCCC2)ccc1N. The second kappa shape index (κ2) is 6.18. The van der Waals surface area contributed by atoms with E-state index in [1.54, 1.807) is 0 Å². The van der Waals surface area contributed by atoms with E-state index >= 15 is 0 Å². The molecule has 1 aliphatic carbocycles. The van der Waals surface area contributed by atoms with Crippen LogP contribution < -0.4 is 15.4 Å². The zero-order chi connectivity index (χ0) is 13.8. The molecule has 3 nitrogen and oxygen atoms in total. The molecular formula is C16H26N2O. The van der Waals surface area contributed by atoms with E-state index in [2.05, 4.69) is 24.1 Å². The summed E-state index contributed by atoms with van der Waals surface area (Å²) in [5, 5.41) is 0. The van der Waals surface area contributed by atoms with Crippen molar-refractivity contribution in [1.82, 2.24) is 0 Å². The summed E-state index contributed by atoms with van der Waals surface area (Å²) < 4.78 is 5.77. The highest BCUT2D eigenvalue weighted by Crippen LogP contribution is 2.31. The van der Waals surface area contributed by atoms with Crippen molar-refractivity contribution in [3.05, 3.63) is 18.2 Å². The lowest BCUT2D eigenvalue weighted by Gasteiger charge is -2.33. The van der Waals surface area contributed by atoms with Crippen LogP contribution in [0.25, 0.3) is 0 Å². The van der Waals surface area contributed by atoms with E-state index in [9.17, 15) is 0 Å². The molecule has 1 aromatic rings. The summed E-state index contributed by atoms with van der Waals surface area (Å²) in [6.07, 6.45) is 6.81. The van der Waals surface area contributed by atoms with Crippen LogP contribution in [0.4, 0.5) is 11.4 Å². The Labute approximate surface area is 116 Å². The van der Waals surface area contributed by atoms with Gasteiger partial charge in [0.2, 0.25) is 0 Å². The lowest BCUT2D eigenvalue weighted by atomic mass is 9.94. The maximum atomic E-state index is 5.97. The molecule has 106 valence electrons. The number of ether oxygens (including phenoxy) is 1. The number of nitrogens with two attached hydrogens (primary N) is 1. The molecule has 1 saturated carbocycles. The van der Waals surface area contributed by atoms with Crippen LogP contribution in [0.3, 0.4) is 0 Å². The molecule has 0 saturated heterocycles. The van der Waals surface area contributed by atoms with E-state index in [1.807, 2.05) is 19.9 Å². The zero-order valence-corrected chi connectivity index (χ0v) is 12.4. The minimum absolute atomic E-state index is 0.150. The Hall–Kier alpha value is -1.38. The molecule has 2 N–H and O–H groups in total. The van der Waals surface area contributed by atoms with Crippen LogP contribution in [0, 0.1) is 0 Å². The Morgan fingerprint density at radius 3 is 2.53 bits per heavy atom. The first-order valence-electron chi connectivity index (χ1n) is 7.37. The summed E-state index contributed by atoms with van der Waals surface area (Å²) in [5.74, 6) is 0.801. The molecule has 1 aromatic carbocycles. The Morgan fingerprint density at radius 2 is 1.89 bits per heavy atom. The molecule has 0 atom stereocenters. The van der Waals surface area contributed by atoms with Crippen molar-refractivity contribution < 1.29 is 4.74 Å². The summed E-state index contributed by atoms with van der Waals surface area (Å²) >= 11 is 0.